The zero-order valence-corrected chi connectivity index (χ0v) is 20.1. The van der Waals surface area contributed by atoms with E-state index >= 15 is 0 Å². The van der Waals surface area contributed by atoms with Crippen molar-refractivity contribution in [1.82, 2.24) is 10.2 Å². The monoisotopic (exact) mass is 424 g/mol. The number of allylic oxidation sites excluding steroid dienone is 1. The maximum absolute atomic E-state index is 13.3. The van der Waals surface area contributed by atoms with Crippen LogP contribution in [0.3, 0.4) is 0 Å². The average Bonchev–Trinajstić information content (AvgIpc) is 3.00. The second-order valence-corrected chi connectivity index (χ2v) is 9.08. The van der Waals surface area contributed by atoms with E-state index in [9.17, 15) is 14.4 Å². The van der Waals surface area contributed by atoms with Gasteiger partial charge in [0.25, 0.3) is 0 Å². The Hall–Kier alpha value is -1.89. The van der Waals surface area contributed by atoms with E-state index in [0.29, 0.717) is 19.3 Å². The number of ketones is 1. The van der Waals surface area contributed by atoms with Crippen LogP contribution in [0.25, 0.3) is 0 Å². The summed E-state index contributed by atoms with van der Waals surface area (Å²) >= 11 is 0. The molecule has 2 amide bonds. The molecule has 4 atom stereocenters. The van der Waals surface area contributed by atoms with E-state index < -0.39 is 35.4 Å². The van der Waals surface area contributed by atoms with Gasteiger partial charge in [-0.25, -0.2) is 4.79 Å². The topological polar surface area (TPSA) is 84.9 Å². The summed E-state index contributed by atoms with van der Waals surface area (Å²) in [6.07, 6.45) is 5.13. The van der Waals surface area contributed by atoms with Crippen LogP contribution in [0.2, 0.25) is 0 Å². The molecule has 1 N–H and O–H groups in total. The van der Waals surface area contributed by atoms with E-state index in [1.54, 1.807) is 27.9 Å². The highest BCUT2D eigenvalue weighted by Gasteiger charge is 2.54. The number of likely N-dealkylation sites (tertiary alicyclic amines) is 1. The Kier molecular flexibility index (Phi) is 9.08. The molecule has 0 aromatic carbocycles. The van der Waals surface area contributed by atoms with E-state index in [4.69, 9.17) is 9.47 Å². The number of ether oxygens (including phenoxy) is 2. The van der Waals surface area contributed by atoms with Crippen molar-refractivity contribution >= 4 is 17.8 Å². The van der Waals surface area contributed by atoms with Crippen LogP contribution < -0.4 is 5.32 Å². The summed E-state index contributed by atoms with van der Waals surface area (Å²) in [5.74, 6) is -0.436. The van der Waals surface area contributed by atoms with Gasteiger partial charge in [0.2, 0.25) is 5.91 Å². The van der Waals surface area contributed by atoms with Crippen LogP contribution in [0.4, 0.5) is 4.79 Å². The highest BCUT2D eigenvalue weighted by Crippen LogP contribution is 2.40. The summed E-state index contributed by atoms with van der Waals surface area (Å²) in [4.78, 5) is 39.6. The number of nitrogens with one attached hydrogen (secondary N) is 1. The largest absolute Gasteiger partial charge is 0.444 e. The minimum absolute atomic E-state index is 0.101. The second kappa shape index (κ2) is 10.4. The van der Waals surface area contributed by atoms with Gasteiger partial charge in [-0.1, -0.05) is 26.0 Å². The van der Waals surface area contributed by atoms with Crippen LogP contribution in [-0.4, -0.2) is 59.1 Å². The summed E-state index contributed by atoms with van der Waals surface area (Å²) in [7, 11) is 1.63. The van der Waals surface area contributed by atoms with Gasteiger partial charge in [-0.2, -0.15) is 0 Å². The summed E-state index contributed by atoms with van der Waals surface area (Å²) in [5, 5.41) is 3.05. The standard InChI is InChI=1S/C23H40N2O5/c1-10-13-17-14-18(15(4)26)25(21(28)30-22(6,7)8)19(17)20(24-16(5)27)23(11-2,12-3)29-9/h10,13,17-20H,11-12,14H2,1-9H3,(H,24,27)/b13-10-/t17-,18-,19-,20?/m1/s1. The number of carbonyl (C=O) groups is 3. The molecule has 1 unspecified atom stereocenters. The lowest BCUT2D eigenvalue weighted by Crippen LogP contribution is -2.65. The molecule has 1 heterocycles. The zero-order chi connectivity index (χ0) is 23.3. The van der Waals surface area contributed by atoms with E-state index in [0.717, 1.165) is 0 Å². The van der Waals surface area contributed by atoms with Crippen molar-refractivity contribution in [3.8, 4) is 0 Å². The third kappa shape index (κ3) is 5.84. The van der Waals surface area contributed by atoms with Crippen molar-refractivity contribution in [1.29, 1.82) is 0 Å². The Morgan fingerprint density at radius 3 is 2.10 bits per heavy atom. The molecule has 7 nitrogen and oxygen atoms in total. The predicted octanol–water partition coefficient (Wildman–Crippen LogP) is 3.86. The van der Waals surface area contributed by atoms with Crippen molar-refractivity contribution in [2.45, 2.75) is 104 Å². The molecule has 172 valence electrons. The van der Waals surface area contributed by atoms with Crippen LogP contribution in [0.15, 0.2) is 12.2 Å². The normalized spacial score (nSPS) is 23.5. The van der Waals surface area contributed by atoms with Gasteiger partial charge in [0, 0.05) is 20.0 Å². The fourth-order valence-electron chi connectivity index (χ4n) is 4.55. The molecule has 1 aliphatic rings. The molecule has 0 bridgehead atoms. The summed E-state index contributed by atoms with van der Waals surface area (Å²) in [6.45, 7) is 14.3. The Balaban J connectivity index is 3.66. The molecule has 30 heavy (non-hydrogen) atoms. The first kappa shape index (κ1) is 26.1. The Labute approximate surface area is 181 Å². The number of nitrogens with zero attached hydrogens (tertiary/aromatic N) is 1. The molecular formula is C23H40N2O5. The fraction of sp³-hybridized carbons (Fsp3) is 0.783. The second-order valence-electron chi connectivity index (χ2n) is 9.08. The molecule has 1 aliphatic heterocycles. The van der Waals surface area contributed by atoms with Gasteiger partial charge in [0.05, 0.1) is 23.7 Å². The molecule has 1 rings (SSSR count). The van der Waals surface area contributed by atoms with Gasteiger partial charge < -0.3 is 14.8 Å². The SMILES string of the molecule is C/C=C\[C@@H]1C[C@H](C(C)=O)N(C(=O)OC(C)(C)C)[C@H]1C(NC(C)=O)C(CC)(CC)OC. The van der Waals surface area contributed by atoms with E-state index in [-0.39, 0.29) is 17.6 Å². The number of rotatable bonds is 8. The van der Waals surface area contributed by atoms with Crippen molar-refractivity contribution in [2.24, 2.45) is 5.92 Å². The number of amides is 2. The van der Waals surface area contributed by atoms with Gasteiger partial charge in [-0.15, -0.1) is 0 Å². The maximum atomic E-state index is 13.3. The lowest BCUT2D eigenvalue weighted by atomic mass is 9.79. The first-order chi connectivity index (χ1) is 13.9. The van der Waals surface area contributed by atoms with Gasteiger partial charge in [0.1, 0.15) is 5.60 Å². The van der Waals surface area contributed by atoms with Crippen molar-refractivity contribution < 1.29 is 23.9 Å². The average molecular weight is 425 g/mol. The maximum Gasteiger partial charge on any atom is 0.411 e. The summed E-state index contributed by atoms with van der Waals surface area (Å²) < 4.78 is 11.6. The minimum Gasteiger partial charge on any atom is -0.444 e. The zero-order valence-electron chi connectivity index (χ0n) is 20.1. The van der Waals surface area contributed by atoms with Crippen molar-refractivity contribution in [3.63, 3.8) is 0 Å². The van der Waals surface area contributed by atoms with E-state index in [1.807, 2.05) is 32.9 Å². The molecule has 0 radical (unpaired) electrons. The number of hydrogen-bond donors (Lipinski definition) is 1. The minimum atomic E-state index is -0.709. The number of Topliss-reactive ketones (excluding diaryl/α,β-unsaturated/α-hetero) is 1. The van der Waals surface area contributed by atoms with Gasteiger partial charge in [-0.05, 0) is 53.9 Å². The molecule has 0 aromatic heterocycles. The molecule has 0 saturated carbocycles. The van der Waals surface area contributed by atoms with Crippen molar-refractivity contribution in [3.05, 3.63) is 12.2 Å². The van der Waals surface area contributed by atoms with Gasteiger partial charge >= 0.3 is 6.09 Å². The molecule has 0 aliphatic carbocycles. The molecule has 0 spiro atoms. The summed E-state index contributed by atoms with van der Waals surface area (Å²) in [5.41, 5.74) is -1.40. The van der Waals surface area contributed by atoms with Crippen LogP contribution in [0.5, 0.6) is 0 Å². The molecule has 7 heteroatoms. The van der Waals surface area contributed by atoms with Gasteiger partial charge in [0.15, 0.2) is 5.78 Å². The Bertz CT molecular complexity index is 640. The van der Waals surface area contributed by atoms with Gasteiger partial charge in [-0.3, -0.25) is 14.5 Å². The lowest BCUT2D eigenvalue weighted by molar-refractivity contribution is -0.127. The molecule has 0 aromatic rings. The Morgan fingerprint density at radius 2 is 1.73 bits per heavy atom. The van der Waals surface area contributed by atoms with E-state index in [1.165, 1.54) is 18.7 Å². The molecule has 1 saturated heterocycles. The van der Waals surface area contributed by atoms with Crippen LogP contribution in [0, 0.1) is 5.92 Å². The third-order valence-corrected chi connectivity index (χ3v) is 5.97. The molecular weight excluding hydrogens is 384 g/mol. The smallest absolute Gasteiger partial charge is 0.411 e. The van der Waals surface area contributed by atoms with Crippen LogP contribution in [-0.2, 0) is 19.1 Å². The first-order valence-corrected chi connectivity index (χ1v) is 10.8. The first-order valence-electron chi connectivity index (χ1n) is 10.8. The number of carbonyl (C=O) groups excluding carboxylic acids is 3. The fourth-order valence-corrected chi connectivity index (χ4v) is 4.55. The predicted molar refractivity (Wildman–Crippen MR) is 117 cm³/mol. The number of hydrogen-bond acceptors (Lipinski definition) is 5. The van der Waals surface area contributed by atoms with Crippen LogP contribution >= 0.6 is 0 Å². The van der Waals surface area contributed by atoms with Crippen molar-refractivity contribution in [2.75, 3.05) is 7.11 Å². The summed E-state index contributed by atoms with van der Waals surface area (Å²) in [6, 6.07) is -1.60. The number of methoxy groups -OCH3 is 1. The highest BCUT2D eigenvalue weighted by atomic mass is 16.6. The quantitative estimate of drug-likeness (QED) is 0.598. The molecule has 1 fully saturated rings. The third-order valence-electron chi connectivity index (χ3n) is 5.97. The highest BCUT2D eigenvalue weighted by molar-refractivity contribution is 5.86. The van der Waals surface area contributed by atoms with E-state index in [2.05, 4.69) is 5.32 Å². The lowest BCUT2D eigenvalue weighted by Gasteiger charge is -2.46. The Morgan fingerprint density at radius 1 is 1.17 bits per heavy atom. The van der Waals surface area contributed by atoms with Crippen LogP contribution in [0.1, 0.15) is 74.7 Å².